The molecule has 0 aromatic heterocycles. The first-order chi connectivity index (χ1) is 18.8. The summed E-state index contributed by atoms with van der Waals surface area (Å²) in [5.41, 5.74) is 1.79. The molecule has 0 fully saturated rings. The Balaban J connectivity index is 1.74. The molecule has 10 nitrogen and oxygen atoms in total. The molecular weight excluding hydrogens is 504 g/mol. The van der Waals surface area contributed by atoms with Gasteiger partial charge in [0.2, 0.25) is 11.7 Å². The number of aliphatic hydroxyl groups excluding tert-OH is 2. The van der Waals surface area contributed by atoms with E-state index in [1.807, 2.05) is 12.1 Å². The van der Waals surface area contributed by atoms with Gasteiger partial charge < -0.3 is 34.6 Å². The van der Waals surface area contributed by atoms with Gasteiger partial charge in [0.25, 0.3) is 5.91 Å². The van der Waals surface area contributed by atoms with Crippen LogP contribution in [0.25, 0.3) is 0 Å². The van der Waals surface area contributed by atoms with Crippen molar-refractivity contribution in [2.45, 2.75) is 43.9 Å². The van der Waals surface area contributed by atoms with Gasteiger partial charge in [-0.25, -0.2) is 0 Å². The fourth-order valence-corrected chi connectivity index (χ4v) is 5.21. The Morgan fingerprint density at radius 3 is 2.56 bits per heavy atom. The van der Waals surface area contributed by atoms with E-state index in [0.717, 1.165) is 11.1 Å². The molecule has 2 aromatic carbocycles. The Hall–Kier alpha value is -3.89. The molecule has 3 N–H and O–H groups in total. The minimum atomic E-state index is -1.22. The summed E-state index contributed by atoms with van der Waals surface area (Å²) in [6.45, 7) is 1.44. The van der Waals surface area contributed by atoms with Crippen molar-refractivity contribution in [1.29, 1.82) is 0 Å². The van der Waals surface area contributed by atoms with Gasteiger partial charge in [0.1, 0.15) is 29.5 Å². The van der Waals surface area contributed by atoms with E-state index in [9.17, 15) is 24.6 Å². The molecule has 2 amide bonds. The summed E-state index contributed by atoms with van der Waals surface area (Å²) in [7, 11) is 3.08. The number of carbonyl (C=O) groups is 3. The standard InChI is InChI=1S/C29H34N2O8/c1-4-22(33)29(36)31(13-11-17-15-18(37-2)9-10-23(17)38-3)21-16-20(28(35)30-12-14-32)25-19-7-5-6-8-24(19)39-27(25)26(21)34/h5-10,15-16,21,25-27,32,34H,4,11-14H2,1-3H3,(H,30,35). The average Bonchev–Trinajstić information content (AvgIpc) is 3.36. The van der Waals surface area contributed by atoms with Crippen molar-refractivity contribution in [3.8, 4) is 17.2 Å². The number of fused-ring (bicyclic) bond motifs is 3. The van der Waals surface area contributed by atoms with Crippen molar-refractivity contribution in [2.24, 2.45) is 0 Å². The summed E-state index contributed by atoms with van der Waals surface area (Å²) in [6.07, 6.45) is -0.250. The Kier molecular flexibility index (Phi) is 8.88. The van der Waals surface area contributed by atoms with Crippen LogP contribution in [-0.4, -0.2) is 84.9 Å². The molecule has 0 saturated carbocycles. The molecule has 0 spiro atoms. The maximum Gasteiger partial charge on any atom is 0.290 e. The number of rotatable bonds is 11. The van der Waals surface area contributed by atoms with Gasteiger partial charge >= 0.3 is 0 Å². The lowest BCUT2D eigenvalue weighted by molar-refractivity contribution is -0.148. The maximum atomic E-state index is 13.4. The highest BCUT2D eigenvalue weighted by Crippen LogP contribution is 2.47. The smallest absolute Gasteiger partial charge is 0.290 e. The molecule has 2 aromatic rings. The number of aliphatic hydroxyl groups is 2. The number of hydrogen-bond donors (Lipinski definition) is 3. The molecular formula is C29H34N2O8. The third kappa shape index (κ3) is 5.62. The SMILES string of the molecule is CCC(=O)C(=O)N(CCc1cc(OC)ccc1OC)C1C=C(C(=O)NCCO)C2c3ccccc3OC2C1O. The van der Waals surface area contributed by atoms with Crippen LogP contribution >= 0.6 is 0 Å². The lowest BCUT2D eigenvalue weighted by Gasteiger charge is -2.40. The summed E-state index contributed by atoms with van der Waals surface area (Å²) in [6, 6.07) is 11.5. The average molecular weight is 539 g/mol. The zero-order chi connectivity index (χ0) is 28.1. The summed E-state index contributed by atoms with van der Waals surface area (Å²) in [5, 5.41) is 23.5. The topological polar surface area (TPSA) is 135 Å². The molecule has 4 rings (SSSR count). The third-order valence-electron chi connectivity index (χ3n) is 7.17. The number of benzene rings is 2. The number of nitrogens with one attached hydrogen (secondary N) is 1. The van der Waals surface area contributed by atoms with E-state index in [-0.39, 0.29) is 26.1 Å². The number of ether oxygens (including phenoxy) is 3. The van der Waals surface area contributed by atoms with Crippen LogP contribution in [0.3, 0.4) is 0 Å². The van der Waals surface area contributed by atoms with Gasteiger partial charge in [0, 0.05) is 30.6 Å². The number of methoxy groups -OCH3 is 2. The molecule has 208 valence electrons. The van der Waals surface area contributed by atoms with Gasteiger partial charge in [-0.1, -0.05) is 25.1 Å². The monoisotopic (exact) mass is 538 g/mol. The number of amides is 2. The van der Waals surface area contributed by atoms with Gasteiger partial charge in [-0.2, -0.15) is 0 Å². The normalized spacial score (nSPS) is 21.1. The van der Waals surface area contributed by atoms with Crippen molar-refractivity contribution in [3.63, 3.8) is 0 Å². The first-order valence-corrected chi connectivity index (χ1v) is 12.9. The van der Waals surface area contributed by atoms with Crippen molar-refractivity contribution in [1.82, 2.24) is 10.2 Å². The molecule has 0 bridgehead atoms. The molecule has 1 heterocycles. The Bertz CT molecular complexity index is 1260. The van der Waals surface area contributed by atoms with E-state index < -0.39 is 41.8 Å². The van der Waals surface area contributed by atoms with Crippen LogP contribution in [0.1, 0.15) is 30.4 Å². The number of ketones is 1. The van der Waals surface area contributed by atoms with Crippen molar-refractivity contribution < 1.29 is 38.8 Å². The number of carbonyl (C=O) groups excluding carboxylic acids is 3. The van der Waals surface area contributed by atoms with E-state index in [4.69, 9.17) is 14.2 Å². The van der Waals surface area contributed by atoms with E-state index in [1.54, 1.807) is 50.4 Å². The van der Waals surface area contributed by atoms with Crippen LogP contribution in [0.4, 0.5) is 0 Å². The Morgan fingerprint density at radius 2 is 1.87 bits per heavy atom. The molecule has 39 heavy (non-hydrogen) atoms. The van der Waals surface area contributed by atoms with Gasteiger partial charge in [-0.15, -0.1) is 0 Å². The quantitative estimate of drug-likeness (QED) is 0.366. The molecule has 0 radical (unpaired) electrons. The van der Waals surface area contributed by atoms with E-state index in [2.05, 4.69) is 5.32 Å². The Labute approximate surface area is 227 Å². The summed E-state index contributed by atoms with van der Waals surface area (Å²) < 4.78 is 16.9. The molecule has 0 saturated heterocycles. The molecule has 2 aliphatic rings. The predicted octanol–water partition coefficient (Wildman–Crippen LogP) is 1.38. The molecule has 10 heteroatoms. The van der Waals surface area contributed by atoms with Crippen LogP contribution < -0.4 is 19.5 Å². The first-order valence-electron chi connectivity index (χ1n) is 12.9. The van der Waals surface area contributed by atoms with Crippen molar-refractivity contribution in [2.75, 3.05) is 33.9 Å². The fraction of sp³-hybridized carbons (Fsp3) is 0.414. The highest BCUT2D eigenvalue weighted by atomic mass is 16.5. The van der Waals surface area contributed by atoms with Crippen LogP contribution in [0.5, 0.6) is 17.2 Å². The van der Waals surface area contributed by atoms with Gasteiger partial charge in [0.05, 0.1) is 32.8 Å². The maximum absolute atomic E-state index is 13.4. The van der Waals surface area contributed by atoms with Gasteiger partial charge in [-0.05, 0) is 42.3 Å². The van der Waals surface area contributed by atoms with E-state index in [0.29, 0.717) is 29.2 Å². The zero-order valence-electron chi connectivity index (χ0n) is 22.3. The zero-order valence-corrected chi connectivity index (χ0v) is 22.3. The minimum absolute atomic E-state index is 0.0117. The van der Waals surface area contributed by atoms with Gasteiger partial charge in [0.15, 0.2) is 0 Å². The summed E-state index contributed by atoms with van der Waals surface area (Å²) in [4.78, 5) is 40.6. The second kappa shape index (κ2) is 12.3. The van der Waals surface area contributed by atoms with Crippen LogP contribution in [0.2, 0.25) is 0 Å². The largest absolute Gasteiger partial charge is 0.497 e. The highest BCUT2D eigenvalue weighted by molar-refractivity contribution is 6.36. The summed E-state index contributed by atoms with van der Waals surface area (Å²) >= 11 is 0. The fourth-order valence-electron chi connectivity index (χ4n) is 5.21. The van der Waals surface area contributed by atoms with Gasteiger partial charge in [-0.3, -0.25) is 14.4 Å². The molecule has 1 aliphatic carbocycles. The molecule has 4 atom stereocenters. The van der Waals surface area contributed by atoms with Crippen LogP contribution in [-0.2, 0) is 20.8 Å². The minimum Gasteiger partial charge on any atom is -0.497 e. The molecule has 4 unspecified atom stereocenters. The van der Waals surface area contributed by atoms with Crippen molar-refractivity contribution >= 4 is 17.6 Å². The van der Waals surface area contributed by atoms with Crippen molar-refractivity contribution in [3.05, 3.63) is 65.2 Å². The Morgan fingerprint density at radius 1 is 1.10 bits per heavy atom. The number of hydrogen-bond acceptors (Lipinski definition) is 8. The van der Waals surface area contributed by atoms with Crippen LogP contribution in [0, 0.1) is 0 Å². The lowest BCUT2D eigenvalue weighted by Crippen LogP contribution is -2.57. The predicted molar refractivity (Wildman–Crippen MR) is 142 cm³/mol. The number of para-hydroxylation sites is 1. The second-order valence-corrected chi connectivity index (χ2v) is 9.38. The number of nitrogens with zero attached hydrogens (tertiary/aromatic N) is 1. The summed E-state index contributed by atoms with van der Waals surface area (Å²) in [5.74, 6) is -0.668. The van der Waals surface area contributed by atoms with E-state index in [1.165, 1.54) is 12.0 Å². The second-order valence-electron chi connectivity index (χ2n) is 9.38. The molecule has 1 aliphatic heterocycles. The first kappa shape index (κ1) is 28.1. The third-order valence-corrected chi connectivity index (χ3v) is 7.17. The highest BCUT2D eigenvalue weighted by Gasteiger charge is 2.50. The number of Topliss-reactive ketones (excluding diaryl/α,β-unsaturated/α-hetero) is 1. The lowest BCUT2D eigenvalue weighted by atomic mass is 9.77. The van der Waals surface area contributed by atoms with Crippen LogP contribution in [0.15, 0.2) is 54.1 Å². The van der Waals surface area contributed by atoms with E-state index >= 15 is 0 Å².